The second-order valence-electron chi connectivity index (χ2n) is 4.04. The van der Waals surface area contributed by atoms with Crippen LogP contribution < -0.4 is 16.8 Å². The summed E-state index contributed by atoms with van der Waals surface area (Å²) in [4.78, 5) is 8.24. The monoisotopic (exact) mass is 207 g/mol. The number of hydrogen-bond donors (Lipinski definition) is 3. The van der Waals surface area contributed by atoms with E-state index in [1.165, 1.54) is 12.8 Å². The molecule has 2 heterocycles. The van der Waals surface area contributed by atoms with Gasteiger partial charge in [0.15, 0.2) is 0 Å². The Bertz CT molecular complexity index is 333. The van der Waals surface area contributed by atoms with Crippen molar-refractivity contribution in [3.63, 3.8) is 0 Å². The third-order valence-electron chi connectivity index (χ3n) is 2.78. The maximum Gasteiger partial charge on any atom is 0.147 e. The summed E-state index contributed by atoms with van der Waals surface area (Å²) in [7, 11) is 0. The number of rotatable bonds is 2. The standard InChI is InChI=1S/C10H17N5/c11-9-6-14-8(10(12)15-9)4-7-2-1-3-13-5-7/h6-7,13H,1-5H2,(H4,11,12,15). The molecule has 5 nitrogen and oxygen atoms in total. The van der Waals surface area contributed by atoms with Crippen molar-refractivity contribution < 1.29 is 0 Å². The molecule has 0 saturated carbocycles. The van der Waals surface area contributed by atoms with Gasteiger partial charge in [-0.05, 0) is 38.3 Å². The minimum Gasteiger partial charge on any atom is -0.382 e. The first-order valence-corrected chi connectivity index (χ1v) is 5.33. The van der Waals surface area contributed by atoms with E-state index in [1.54, 1.807) is 6.20 Å². The lowest BCUT2D eigenvalue weighted by molar-refractivity contribution is 0.374. The van der Waals surface area contributed by atoms with E-state index < -0.39 is 0 Å². The zero-order chi connectivity index (χ0) is 10.7. The Labute approximate surface area is 89.3 Å². The normalized spacial score (nSPS) is 21.5. The highest BCUT2D eigenvalue weighted by atomic mass is 15.0. The molecule has 1 aliphatic rings. The molecule has 1 aromatic heterocycles. The van der Waals surface area contributed by atoms with Crippen LogP contribution in [0.3, 0.4) is 0 Å². The van der Waals surface area contributed by atoms with Crippen LogP contribution in [0.5, 0.6) is 0 Å². The molecular weight excluding hydrogens is 190 g/mol. The second-order valence-corrected chi connectivity index (χ2v) is 4.04. The van der Waals surface area contributed by atoms with E-state index in [2.05, 4.69) is 15.3 Å². The third-order valence-corrected chi connectivity index (χ3v) is 2.78. The topological polar surface area (TPSA) is 89.8 Å². The van der Waals surface area contributed by atoms with Crippen LogP contribution in [0.25, 0.3) is 0 Å². The predicted molar refractivity (Wildman–Crippen MR) is 60.2 cm³/mol. The van der Waals surface area contributed by atoms with Crippen molar-refractivity contribution >= 4 is 11.6 Å². The molecule has 1 atom stereocenters. The molecular formula is C10H17N5. The summed E-state index contributed by atoms with van der Waals surface area (Å²) < 4.78 is 0. The second kappa shape index (κ2) is 4.44. The summed E-state index contributed by atoms with van der Waals surface area (Å²) in [5, 5.41) is 3.37. The first kappa shape index (κ1) is 10.2. The van der Waals surface area contributed by atoms with Gasteiger partial charge in [-0.1, -0.05) is 0 Å². The maximum absolute atomic E-state index is 5.76. The molecule has 2 rings (SSSR count). The van der Waals surface area contributed by atoms with Crippen molar-refractivity contribution in [2.75, 3.05) is 24.6 Å². The number of nitrogens with zero attached hydrogens (tertiary/aromatic N) is 2. The van der Waals surface area contributed by atoms with E-state index in [0.29, 0.717) is 17.6 Å². The number of piperidine rings is 1. The lowest BCUT2D eigenvalue weighted by Crippen LogP contribution is -2.31. The van der Waals surface area contributed by atoms with Crippen molar-refractivity contribution in [3.8, 4) is 0 Å². The first-order valence-electron chi connectivity index (χ1n) is 5.33. The number of nitrogens with two attached hydrogens (primary N) is 2. The molecule has 1 saturated heterocycles. The van der Waals surface area contributed by atoms with Crippen molar-refractivity contribution in [1.82, 2.24) is 15.3 Å². The van der Waals surface area contributed by atoms with Crippen LogP contribution in [0, 0.1) is 5.92 Å². The number of nitrogen functional groups attached to an aromatic ring is 2. The van der Waals surface area contributed by atoms with E-state index in [1.807, 2.05) is 0 Å². The fourth-order valence-electron chi connectivity index (χ4n) is 1.97. The minimum atomic E-state index is 0.387. The Hall–Kier alpha value is -1.36. The van der Waals surface area contributed by atoms with Crippen LogP contribution >= 0.6 is 0 Å². The molecule has 0 amide bonds. The Kier molecular flexibility index (Phi) is 3.01. The van der Waals surface area contributed by atoms with Gasteiger partial charge in [0.1, 0.15) is 11.6 Å². The van der Waals surface area contributed by atoms with Crippen LogP contribution in [0.15, 0.2) is 6.20 Å². The van der Waals surface area contributed by atoms with Crippen LogP contribution in [-0.2, 0) is 6.42 Å². The fourth-order valence-corrected chi connectivity index (χ4v) is 1.97. The fraction of sp³-hybridized carbons (Fsp3) is 0.600. The highest BCUT2D eigenvalue weighted by molar-refractivity contribution is 5.40. The summed E-state index contributed by atoms with van der Waals surface area (Å²) in [5.41, 5.74) is 12.1. The molecule has 0 bridgehead atoms. The molecule has 15 heavy (non-hydrogen) atoms. The minimum absolute atomic E-state index is 0.387. The number of aromatic nitrogens is 2. The lowest BCUT2D eigenvalue weighted by Gasteiger charge is -2.22. The number of anilines is 2. The molecule has 82 valence electrons. The van der Waals surface area contributed by atoms with Crippen molar-refractivity contribution in [1.29, 1.82) is 0 Å². The lowest BCUT2D eigenvalue weighted by atomic mass is 9.94. The van der Waals surface area contributed by atoms with E-state index in [9.17, 15) is 0 Å². The van der Waals surface area contributed by atoms with Gasteiger partial charge < -0.3 is 16.8 Å². The Morgan fingerprint density at radius 2 is 2.33 bits per heavy atom. The van der Waals surface area contributed by atoms with Gasteiger partial charge in [-0.3, -0.25) is 4.98 Å². The summed E-state index contributed by atoms with van der Waals surface area (Å²) in [6.07, 6.45) is 4.93. The van der Waals surface area contributed by atoms with Crippen LogP contribution in [-0.4, -0.2) is 23.1 Å². The van der Waals surface area contributed by atoms with Gasteiger partial charge in [0.05, 0.1) is 11.9 Å². The summed E-state index contributed by atoms with van der Waals surface area (Å²) in [6, 6.07) is 0. The van der Waals surface area contributed by atoms with Crippen molar-refractivity contribution in [2.45, 2.75) is 19.3 Å². The van der Waals surface area contributed by atoms with Gasteiger partial charge in [0, 0.05) is 0 Å². The van der Waals surface area contributed by atoms with Crippen LogP contribution in [0.4, 0.5) is 11.6 Å². The van der Waals surface area contributed by atoms with Crippen LogP contribution in [0.2, 0.25) is 0 Å². The molecule has 0 spiro atoms. The molecule has 0 aromatic carbocycles. The maximum atomic E-state index is 5.76. The SMILES string of the molecule is Nc1cnc(CC2CCCNC2)c(N)n1. The highest BCUT2D eigenvalue weighted by Gasteiger charge is 2.15. The smallest absolute Gasteiger partial charge is 0.147 e. The molecule has 0 radical (unpaired) electrons. The number of nitrogens with one attached hydrogen (secondary N) is 1. The first-order chi connectivity index (χ1) is 7.25. The quantitative estimate of drug-likeness (QED) is 0.643. The van der Waals surface area contributed by atoms with Gasteiger partial charge in [-0.25, -0.2) is 4.98 Å². The molecule has 5 N–H and O–H groups in total. The third kappa shape index (κ3) is 2.56. The molecule has 5 heteroatoms. The van der Waals surface area contributed by atoms with Gasteiger partial charge >= 0.3 is 0 Å². The summed E-state index contributed by atoms with van der Waals surface area (Å²) in [6.45, 7) is 2.17. The molecule has 1 aliphatic heterocycles. The average molecular weight is 207 g/mol. The highest BCUT2D eigenvalue weighted by Crippen LogP contribution is 2.18. The Balaban J connectivity index is 2.03. The van der Waals surface area contributed by atoms with E-state index in [0.717, 1.165) is 25.2 Å². The van der Waals surface area contributed by atoms with Crippen LogP contribution in [0.1, 0.15) is 18.5 Å². The van der Waals surface area contributed by atoms with Gasteiger partial charge in [0.25, 0.3) is 0 Å². The van der Waals surface area contributed by atoms with E-state index in [-0.39, 0.29) is 0 Å². The zero-order valence-electron chi connectivity index (χ0n) is 8.74. The van der Waals surface area contributed by atoms with Gasteiger partial charge in [-0.2, -0.15) is 0 Å². The van der Waals surface area contributed by atoms with Crippen molar-refractivity contribution in [2.24, 2.45) is 5.92 Å². The zero-order valence-corrected chi connectivity index (χ0v) is 8.74. The molecule has 1 aromatic rings. The summed E-state index contributed by atoms with van der Waals surface area (Å²) >= 11 is 0. The van der Waals surface area contributed by atoms with E-state index >= 15 is 0 Å². The average Bonchev–Trinajstić information content (AvgIpc) is 2.24. The molecule has 1 unspecified atom stereocenters. The molecule has 0 aliphatic carbocycles. The molecule has 1 fully saturated rings. The predicted octanol–water partition coefficient (Wildman–Crippen LogP) is 0.183. The largest absolute Gasteiger partial charge is 0.382 e. The summed E-state index contributed by atoms with van der Waals surface area (Å²) in [5.74, 6) is 1.48. The van der Waals surface area contributed by atoms with Gasteiger partial charge in [-0.15, -0.1) is 0 Å². The Morgan fingerprint density at radius 1 is 1.47 bits per heavy atom. The number of hydrogen-bond acceptors (Lipinski definition) is 5. The van der Waals surface area contributed by atoms with Crippen molar-refractivity contribution in [3.05, 3.63) is 11.9 Å². The van der Waals surface area contributed by atoms with Gasteiger partial charge in [0.2, 0.25) is 0 Å². The van der Waals surface area contributed by atoms with E-state index in [4.69, 9.17) is 11.5 Å². The Morgan fingerprint density at radius 3 is 3.00 bits per heavy atom.